The Bertz CT molecular complexity index is 1680. The zero-order valence-electron chi connectivity index (χ0n) is 20.5. The van der Waals surface area contributed by atoms with Crippen molar-refractivity contribution in [3.8, 4) is 22.4 Å². The molecular weight excluding hydrogens is 542 g/mol. The molecule has 0 fully saturated rings. The molecule has 2 heterocycles. The van der Waals surface area contributed by atoms with Crippen LogP contribution in [0, 0.1) is 23.3 Å². The van der Waals surface area contributed by atoms with E-state index in [0.29, 0.717) is 30.3 Å². The van der Waals surface area contributed by atoms with Crippen LogP contribution in [-0.4, -0.2) is 42.8 Å². The summed E-state index contributed by atoms with van der Waals surface area (Å²) in [6.07, 6.45) is 2.90. The van der Waals surface area contributed by atoms with Gasteiger partial charge in [-0.15, -0.1) is 0 Å². The van der Waals surface area contributed by atoms with Crippen molar-refractivity contribution in [2.24, 2.45) is 0 Å². The molecule has 9 nitrogen and oxygen atoms in total. The molecule has 2 aromatic carbocycles. The third kappa shape index (κ3) is 5.27. The summed E-state index contributed by atoms with van der Waals surface area (Å²) in [7, 11) is -4.16. The molecule has 0 radical (unpaired) electrons. The van der Waals surface area contributed by atoms with Crippen molar-refractivity contribution in [2.75, 3.05) is 23.7 Å². The SMILES string of the molecule is CCn1cc(-c2ccnc(N)c2)c(-c2c(F)ccc(N(CC(=O)OC)S(=O)(=O)c3cc(F)ccc3F)c2F)n1. The van der Waals surface area contributed by atoms with Crippen molar-refractivity contribution in [3.63, 3.8) is 0 Å². The maximum atomic E-state index is 16.2. The normalized spacial score (nSPS) is 11.4. The number of nitrogen functional groups attached to an aromatic ring is 1. The van der Waals surface area contributed by atoms with E-state index in [0.717, 1.165) is 19.2 Å². The predicted octanol–water partition coefficient (Wildman–Crippen LogP) is 4.14. The highest BCUT2D eigenvalue weighted by Crippen LogP contribution is 2.39. The summed E-state index contributed by atoms with van der Waals surface area (Å²) < 4.78 is 92.8. The Hall–Kier alpha value is -4.46. The number of esters is 1. The summed E-state index contributed by atoms with van der Waals surface area (Å²) >= 11 is 0. The number of hydrogen-bond acceptors (Lipinski definition) is 7. The van der Waals surface area contributed by atoms with E-state index in [-0.39, 0.29) is 21.4 Å². The Balaban J connectivity index is 1.97. The number of benzene rings is 2. The number of sulfonamides is 1. The van der Waals surface area contributed by atoms with E-state index in [4.69, 9.17) is 5.73 Å². The summed E-state index contributed by atoms with van der Waals surface area (Å²) in [6, 6.07) is 6.16. The second-order valence-electron chi connectivity index (χ2n) is 8.13. The average molecular weight is 564 g/mol. The molecule has 4 aromatic rings. The van der Waals surface area contributed by atoms with E-state index >= 15 is 8.78 Å². The van der Waals surface area contributed by atoms with Gasteiger partial charge in [-0.2, -0.15) is 5.10 Å². The van der Waals surface area contributed by atoms with E-state index < -0.39 is 62.0 Å². The van der Waals surface area contributed by atoms with Crippen LogP contribution >= 0.6 is 0 Å². The molecule has 2 aromatic heterocycles. The van der Waals surface area contributed by atoms with Gasteiger partial charge in [0, 0.05) is 24.5 Å². The number of ether oxygens (including phenoxy) is 1. The zero-order chi connectivity index (χ0) is 28.5. The molecule has 0 aliphatic carbocycles. The molecule has 0 amide bonds. The second-order valence-corrected chi connectivity index (χ2v) is 9.97. The number of hydrogen-bond donors (Lipinski definition) is 1. The number of nitrogens with zero attached hydrogens (tertiary/aromatic N) is 4. The Morgan fingerprint density at radius 2 is 1.79 bits per heavy atom. The van der Waals surface area contributed by atoms with Gasteiger partial charge in [0.2, 0.25) is 0 Å². The van der Waals surface area contributed by atoms with Gasteiger partial charge in [0.25, 0.3) is 10.0 Å². The van der Waals surface area contributed by atoms with Crippen LogP contribution in [0.15, 0.2) is 59.8 Å². The standard InChI is InChI=1S/C25H21F4N5O4S/c1-3-33-12-16(14-8-9-31-21(30)10-14)25(32-33)23-18(28)6-7-19(24(23)29)34(13-22(35)38-2)39(36,37)20-11-15(26)4-5-17(20)27/h4-12H,3,13H2,1-2H3,(H2,30,31). The maximum absolute atomic E-state index is 16.2. The first-order chi connectivity index (χ1) is 18.5. The molecule has 0 unspecified atom stereocenters. The molecule has 0 saturated carbocycles. The highest BCUT2D eigenvalue weighted by Gasteiger charge is 2.34. The number of aromatic nitrogens is 3. The van der Waals surface area contributed by atoms with E-state index in [1.54, 1.807) is 6.92 Å². The van der Waals surface area contributed by atoms with Gasteiger partial charge < -0.3 is 10.5 Å². The number of carbonyl (C=O) groups excluding carboxylic acids is 1. The highest BCUT2D eigenvalue weighted by atomic mass is 32.2. The Kier molecular flexibility index (Phi) is 7.58. The number of nitrogens with two attached hydrogens (primary N) is 1. The first kappa shape index (κ1) is 27.6. The first-order valence-corrected chi connectivity index (χ1v) is 12.7. The van der Waals surface area contributed by atoms with Crippen LogP contribution < -0.4 is 10.0 Å². The summed E-state index contributed by atoms with van der Waals surface area (Å²) in [5, 5.41) is 4.26. The Morgan fingerprint density at radius 3 is 2.46 bits per heavy atom. The molecule has 0 aliphatic heterocycles. The molecule has 204 valence electrons. The summed E-state index contributed by atoms with van der Waals surface area (Å²) in [6.45, 7) is 0.926. The quantitative estimate of drug-likeness (QED) is 0.253. The fraction of sp³-hybridized carbons (Fsp3) is 0.160. The van der Waals surface area contributed by atoms with Crippen LogP contribution in [0.3, 0.4) is 0 Å². The molecule has 0 aliphatic rings. The van der Waals surface area contributed by atoms with E-state index in [1.165, 1.54) is 29.2 Å². The van der Waals surface area contributed by atoms with Crippen molar-refractivity contribution < 1.29 is 35.5 Å². The second kappa shape index (κ2) is 10.7. The van der Waals surface area contributed by atoms with E-state index in [1.807, 2.05) is 0 Å². The van der Waals surface area contributed by atoms with E-state index in [9.17, 15) is 22.0 Å². The van der Waals surface area contributed by atoms with Gasteiger partial charge in [-0.1, -0.05) is 0 Å². The van der Waals surface area contributed by atoms with Crippen molar-refractivity contribution >= 4 is 27.5 Å². The van der Waals surface area contributed by atoms with Crippen molar-refractivity contribution in [3.05, 3.63) is 78.1 Å². The van der Waals surface area contributed by atoms with Crippen molar-refractivity contribution in [1.29, 1.82) is 0 Å². The lowest BCUT2D eigenvalue weighted by molar-refractivity contribution is -0.138. The molecule has 0 spiro atoms. The van der Waals surface area contributed by atoms with Crippen LogP contribution in [0.25, 0.3) is 22.4 Å². The maximum Gasteiger partial charge on any atom is 0.326 e. The fourth-order valence-corrected chi connectivity index (χ4v) is 5.31. The number of rotatable bonds is 8. The number of halogens is 4. The summed E-state index contributed by atoms with van der Waals surface area (Å²) in [5.74, 6) is -6.00. The third-order valence-electron chi connectivity index (χ3n) is 5.72. The lowest BCUT2D eigenvalue weighted by Crippen LogP contribution is -2.37. The van der Waals surface area contributed by atoms with Crippen LogP contribution in [0.2, 0.25) is 0 Å². The number of methoxy groups -OCH3 is 1. The van der Waals surface area contributed by atoms with Gasteiger partial charge in [0.05, 0.1) is 18.4 Å². The topological polar surface area (TPSA) is 120 Å². The molecular formula is C25H21F4N5O4S. The number of carbonyl (C=O) groups is 1. The van der Waals surface area contributed by atoms with Crippen LogP contribution in [0.1, 0.15) is 6.92 Å². The minimum Gasteiger partial charge on any atom is -0.468 e. The van der Waals surface area contributed by atoms with Crippen LogP contribution in [0.4, 0.5) is 29.1 Å². The lowest BCUT2D eigenvalue weighted by atomic mass is 10.0. The molecule has 14 heteroatoms. The minimum absolute atomic E-state index is 0.129. The number of pyridine rings is 1. The fourth-order valence-electron chi connectivity index (χ4n) is 3.82. The van der Waals surface area contributed by atoms with Crippen LogP contribution in [0.5, 0.6) is 0 Å². The van der Waals surface area contributed by atoms with E-state index in [2.05, 4.69) is 14.8 Å². The highest BCUT2D eigenvalue weighted by molar-refractivity contribution is 7.92. The average Bonchev–Trinajstić information content (AvgIpc) is 3.33. The van der Waals surface area contributed by atoms with Gasteiger partial charge in [-0.25, -0.2) is 31.0 Å². The van der Waals surface area contributed by atoms with Gasteiger partial charge in [-0.3, -0.25) is 13.8 Å². The van der Waals surface area contributed by atoms with Crippen LogP contribution in [-0.2, 0) is 26.1 Å². The van der Waals surface area contributed by atoms with Crippen molar-refractivity contribution in [2.45, 2.75) is 18.4 Å². The summed E-state index contributed by atoms with van der Waals surface area (Å²) in [4.78, 5) is 14.9. The van der Waals surface area contributed by atoms with Gasteiger partial charge >= 0.3 is 5.97 Å². The zero-order valence-corrected chi connectivity index (χ0v) is 21.3. The minimum atomic E-state index is -5.11. The monoisotopic (exact) mass is 563 g/mol. The molecule has 0 atom stereocenters. The lowest BCUT2D eigenvalue weighted by Gasteiger charge is -2.25. The predicted molar refractivity (Wildman–Crippen MR) is 134 cm³/mol. The molecule has 0 saturated heterocycles. The smallest absolute Gasteiger partial charge is 0.326 e. The van der Waals surface area contributed by atoms with Crippen molar-refractivity contribution in [1.82, 2.24) is 14.8 Å². The Labute approximate surface area is 220 Å². The van der Waals surface area contributed by atoms with Gasteiger partial charge in [0.15, 0.2) is 5.82 Å². The largest absolute Gasteiger partial charge is 0.468 e. The third-order valence-corrected chi connectivity index (χ3v) is 7.49. The summed E-state index contributed by atoms with van der Waals surface area (Å²) in [5.41, 5.74) is 4.68. The molecule has 2 N–H and O–H groups in total. The molecule has 4 rings (SSSR count). The molecule has 0 bridgehead atoms. The number of aryl methyl sites for hydroxylation is 1. The van der Waals surface area contributed by atoms with Gasteiger partial charge in [0.1, 0.15) is 40.4 Å². The number of anilines is 2. The molecule has 39 heavy (non-hydrogen) atoms. The van der Waals surface area contributed by atoms with Gasteiger partial charge in [-0.05, 0) is 55.0 Å². The Morgan fingerprint density at radius 1 is 1.08 bits per heavy atom. The first-order valence-electron chi connectivity index (χ1n) is 11.3.